The lowest BCUT2D eigenvalue weighted by Gasteiger charge is -2.08. The largest absolute Gasteiger partial charge is 0.493 e. The van der Waals surface area contributed by atoms with Crippen LogP contribution in [0.2, 0.25) is 0 Å². The summed E-state index contributed by atoms with van der Waals surface area (Å²) in [6.45, 7) is 0.258. The van der Waals surface area contributed by atoms with Crippen molar-refractivity contribution < 1.29 is 9.47 Å². The van der Waals surface area contributed by atoms with E-state index in [0.717, 1.165) is 21.3 Å². The van der Waals surface area contributed by atoms with Crippen molar-refractivity contribution in [1.82, 2.24) is 24.8 Å². The van der Waals surface area contributed by atoms with Gasteiger partial charge in [0.25, 0.3) is 0 Å². The fourth-order valence-corrected chi connectivity index (χ4v) is 4.01. The summed E-state index contributed by atoms with van der Waals surface area (Å²) in [4.78, 5) is 17.1. The second-order valence-electron chi connectivity index (χ2n) is 5.50. The van der Waals surface area contributed by atoms with Gasteiger partial charge in [0.1, 0.15) is 10.0 Å². The first-order chi connectivity index (χ1) is 13.2. The quantitative estimate of drug-likeness (QED) is 0.494. The molecule has 1 aromatic carbocycles. The molecule has 0 spiro atoms. The molecule has 3 heterocycles. The monoisotopic (exact) mass is 401 g/mol. The molecule has 0 atom stereocenters. The third-order valence-electron chi connectivity index (χ3n) is 3.85. The van der Waals surface area contributed by atoms with E-state index in [4.69, 9.17) is 9.47 Å². The second kappa shape index (κ2) is 7.33. The lowest BCUT2D eigenvalue weighted by Crippen LogP contribution is -2.24. The Kier molecular flexibility index (Phi) is 4.73. The van der Waals surface area contributed by atoms with E-state index in [2.05, 4.69) is 15.4 Å². The molecule has 0 amide bonds. The Hall–Kier alpha value is -2.98. The number of thiazole rings is 1. The number of rotatable bonds is 6. The second-order valence-corrected chi connectivity index (χ2v) is 7.28. The molecule has 0 bridgehead atoms. The molecule has 0 aliphatic heterocycles. The van der Waals surface area contributed by atoms with Gasteiger partial charge in [-0.3, -0.25) is 0 Å². The van der Waals surface area contributed by atoms with Gasteiger partial charge in [-0.2, -0.15) is 9.36 Å². The minimum absolute atomic E-state index is 0.258. The normalized spacial score (nSPS) is 10.9. The van der Waals surface area contributed by atoms with E-state index in [1.807, 2.05) is 41.1 Å². The zero-order chi connectivity index (χ0) is 18.8. The van der Waals surface area contributed by atoms with Gasteiger partial charge in [-0.15, -0.1) is 22.7 Å². The molecule has 0 saturated heterocycles. The standard InChI is InChI=1S/C17H15N5O3S2/c1-24-13-6-5-11(8-14(13)25-2)16-18-12(10-27-16)9-21-17(23)22(20-19-21)15-4-3-7-26-15/h3-8,10H,9H2,1-2H3. The summed E-state index contributed by atoms with van der Waals surface area (Å²) in [5.74, 6) is 1.30. The van der Waals surface area contributed by atoms with Gasteiger partial charge < -0.3 is 9.47 Å². The van der Waals surface area contributed by atoms with Gasteiger partial charge in [0.05, 0.1) is 26.5 Å². The van der Waals surface area contributed by atoms with Crippen molar-refractivity contribution >= 4 is 22.7 Å². The average Bonchev–Trinajstić information content (AvgIpc) is 3.44. The smallest absolute Gasteiger partial charge is 0.369 e. The number of thiophene rings is 1. The summed E-state index contributed by atoms with van der Waals surface area (Å²) < 4.78 is 13.2. The van der Waals surface area contributed by atoms with E-state index in [1.54, 1.807) is 14.2 Å². The van der Waals surface area contributed by atoms with Crippen LogP contribution in [0.15, 0.2) is 45.9 Å². The van der Waals surface area contributed by atoms with Gasteiger partial charge in [-0.05, 0) is 46.1 Å². The lowest BCUT2D eigenvalue weighted by molar-refractivity contribution is 0.355. The molecular weight excluding hydrogens is 386 g/mol. The molecule has 0 fully saturated rings. The Labute approximate surface area is 162 Å². The summed E-state index contributed by atoms with van der Waals surface area (Å²) in [6, 6.07) is 9.32. The molecule has 4 aromatic rings. The number of nitrogens with zero attached hydrogens (tertiary/aromatic N) is 5. The minimum atomic E-state index is -0.293. The van der Waals surface area contributed by atoms with Gasteiger partial charge >= 0.3 is 5.69 Å². The van der Waals surface area contributed by atoms with Crippen molar-refractivity contribution in [3.63, 3.8) is 0 Å². The van der Waals surface area contributed by atoms with E-state index in [9.17, 15) is 4.79 Å². The fourth-order valence-electron chi connectivity index (χ4n) is 2.54. The summed E-state index contributed by atoms with van der Waals surface area (Å²) in [7, 11) is 3.19. The van der Waals surface area contributed by atoms with Crippen LogP contribution >= 0.6 is 22.7 Å². The maximum atomic E-state index is 12.5. The molecular formula is C17H15N5O3S2. The van der Waals surface area contributed by atoms with Crippen molar-refractivity contribution in [2.45, 2.75) is 6.54 Å². The van der Waals surface area contributed by atoms with Gasteiger partial charge in [0, 0.05) is 10.9 Å². The first kappa shape index (κ1) is 17.4. The number of hydrogen-bond acceptors (Lipinski definition) is 8. The van der Waals surface area contributed by atoms with Crippen molar-refractivity contribution in [2.75, 3.05) is 14.2 Å². The Morgan fingerprint density at radius 3 is 2.67 bits per heavy atom. The number of aromatic nitrogens is 5. The number of tetrazole rings is 1. The first-order valence-corrected chi connectivity index (χ1v) is 9.69. The van der Waals surface area contributed by atoms with Crippen LogP contribution in [0.4, 0.5) is 0 Å². The van der Waals surface area contributed by atoms with Crippen LogP contribution in [0.1, 0.15) is 5.69 Å². The molecule has 138 valence electrons. The van der Waals surface area contributed by atoms with Gasteiger partial charge in [0.2, 0.25) is 0 Å². The van der Waals surface area contributed by atoms with E-state index in [-0.39, 0.29) is 12.2 Å². The molecule has 8 nitrogen and oxygen atoms in total. The molecule has 0 unspecified atom stereocenters. The summed E-state index contributed by atoms with van der Waals surface area (Å²) >= 11 is 2.92. The molecule has 0 aliphatic rings. The molecule has 0 radical (unpaired) electrons. The fraction of sp³-hybridized carbons (Fsp3) is 0.176. The van der Waals surface area contributed by atoms with E-state index in [0.29, 0.717) is 11.5 Å². The number of hydrogen-bond donors (Lipinski definition) is 0. The van der Waals surface area contributed by atoms with Gasteiger partial charge in [0.15, 0.2) is 11.5 Å². The maximum absolute atomic E-state index is 12.5. The van der Waals surface area contributed by atoms with Crippen molar-refractivity contribution in [3.8, 4) is 27.1 Å². The lowest BCUT2D eigenvalue weighted by atomic mass is 10.2. The average molecular weight is 401 g/mol. The predicted molar refractivity (Wildman–Crippen MR) is 103 cm³/mol. The molecule has 10 heteroatoms. The highest BCUT2D eigenvalue weighted by molar-refractivity contribution is 7.13. The highest BCUT2D eigenvalue weighted by Crippen LogP contribution is 2.33. The SMILES string of the molecule is COc1ccc(-c2nc(Cn3nnn(-c4cccs4)c3=O)cs2)cc1OC. The number of methoxy groups -OCH3 is 2. The van der Waals surface area contributed by atoms with Crippen LogP contribution < -0.4 is 15.2 Å². The van der Waals surface area contributed by atoms with E-state index in [1.165, 1.54) is 32.0 Å². The minimum Gasteiger partial charge on any atom is -0.493 e. The Balaban J connectivity index is 1.58. The van der Waals surface area contributed by atoms with Crippen LogP contribution in [0.25, 0.3) is 15.6 Å². The molecule has 4 rings (SSSR count). The summed E-state index contributed by atoms with van der Waals surface area (Å²) in [5.41, 5.74) is 1.36. The van der Waals surface area contributed by atoms with Crippen LogP contribution in [-0.4, -0.2) is 39.0 Å². The molecule has 0 aliphatic carbocycles. The maximum Gasteiger partial charge on any atom is 0.369 e. The zero-order valence-electron chi connectivity index (χ0n) is 14.5. The molecule has 3 aromatic heterocycles. The first-order valence-electron chi connectivity index (χ1n) is 7.93. The van der Waals surface area contributed by atoms with E-state index >= 15 is 0 Å². The Morgan fingerprint density at radius 2 is 1.93 bits per heavy atom. The Morgan fingerprint density at radius 1 is 1.07 bits per heavy atom. The third kappa shape index (κ3) is 3.36. The van der Waals surface area contributed by atoms with Crippen LogP contribution in [0.5, 0.6) is 11.5 Å². The zero-order valence-corrected chi connectivity index (χ0v) is 16.2. The van der Waals surface area contributed by atoms with Gasteiger partial charge in [-0.1, -0.05) is 0 Å². The molecule has 0 N–H and O–H groups in total. The highest BCUT2D eigenvalue weighted by Gasteiger charge is 2.13. The highest BCUT2D eigenvalue weighted by atomic mass is 32.1. The summed E-state index contributed by atoms with van der Waals surface area (Å²) in [6.07, 6.45) is 0. The van der Waals surface area contributed by atoms with Crippen molar-refractivity contribution in [2.24, 2.45) is 0 Å². The van der Waals surface area contributed by atoms with Crippen LogP contribution in [0.3, 0.4) is 0 Å². The van der Waals surface area contributed by atoms with Crippen LogP contribution in [-0.2, 0) is 6.54 Å². The van der Waals surface area contributed by atoms with Crippen molar-refractivity contribution in [3.05, 3.63) is 57.3 Å². The number of ether oxygens (including phenoxy) is 2. The van der Waals surface area contributed by atoms with E-state index < -0.39 is 0 Å². The Bertz CT molecular complexity index is 1110. The molecule has 0 saturated carbocycles. The van der Waals surface area contributed by atoms with Crippen LogP contribution in [0, 0.1) is 0 Å². The molecule has 27 heavy (non-hydrogen) atoms. The topological polar surface area (TPSA) is 84.1 Å². The van der Waals surface area contributed by atoms with Gasteiger partial charge in [-0.25, -0.2) is 9.78 Å². The third-order valence-corrected chi connectivity index (χ3v) is 5.63. The van der Waals surface area contributed by atoms with Crippen molar-refractivity contribution in [1.29, 1.82) is 0 Å². The number of benzene rings is 1. The summed E-state index contributed by atoms with van der Waals surface area (Å²) in [5, 5.41) is 13.2. The predicted octanol–water partition coefficient (Wildman–Crippen LogP) is 2.68.